The molecule has 0 fully saturated rings. The Balaban J connectivity index is 2.17. The molecule has 0 aromatic heterocycles. The van der Waals surface area contributed by atoms with Crippen molar-refractivity contribution in [3.8, 4) is 0 Å². The van der Waals surface area contributed by atoms with Gasteiger partial charge in [0, 0.05) is 12.5 Å². The molecule has 0 saturated heterocycles. The monoisotopic (exact) mass is 352 g/mol. The van der Waals surface area contributed by atoms with E-state index >= 15 is 0 Å². The zero-order valence-corrected chi connectivity index (χ0v) is 16.7. The lowest BCUT2D eigenvalue weighted by Crippen LogP contribution is -2.42. The normalized spacial score (nSPS) is 13.7. The van der Waals surface area contributed by atoms with Gasteiger partial charge < -0.3 is 18.7 Å². The molecule has 1 rings (SSSR count). The van der Waals surface area contributed by atoms with Crippen LogP contribution in [-0.4, -0.2) is 34.6 Å². The van der Waals surface area contributed by atoms with Gasteiger partial charge in [-0.1, -0.05) is 51.1 Å². The molecule has 136 valence electrons. The minimum absolute atomic E-state index is 0.117. The van der Waals surface area contributed by atoms with E-state index in [0.29, 0.717) is 26.2 Å². The summed E-state index contributed by atoms with van der Waals surface area (Å²) in [7, 11) is -1.81. The van der Waals surface area contributed by atoms with Crippen molar-refractivity contribution in [3.63, 3.8) is 0 Å². The van der Waals surface area contributed by atoms with Gasteiger partial charge in [0.05, 0.1) is 13.2 Å². The van der Waals surface area contributed by atoms with Crippen LogP contribution in [0.25, 0.3) is 0 Å². The van der Waals surface area contributed by atoms with Crippen LogP contribution in [0.5, 0.6) is 0 Å². The molecule has 0 unspecified atom stereocenters. The lowest BCUT2D eigenvalue weighted by molar-refractivity contribution is -0.113. The van der Waals surface area contributed by atoms with Crippen molar-refractivity contribution < 1.29 is 18.7 Å². The van der Waals surface area contributed by atoms with E-state index in [9.17, 15) is 4.79 Å². The fourth-order valence-electron chi connectivity index (χ4n) is 1.81. The predicted octanol–water partition coefficient (Wildman–Crippen LogP) is 4.40. The molecule has 0 heterocycles. The van der Waals surface area contributed by atoms with Crippen LogP contribution in [0.4, 0.5) is 0 Å². The van der Waals surface area contributed by atoms with Crippen LogP contribution in [0.15, 0.2) is 30.3 Å². The van der Waals surface area contributed by atoms with Crippen molar-refractivity contribution in [3.05, 3.63) is 35.9 Å². The average molecular weight is 353 g/mol. The summed E-state index contributed by atoms with van der Waals surface area (Å²) < 4.78 is 17.0. The summed E-state index contributed by atoms with van der Waals surface area (Å²) in [6.07, 6.45) is 1.63. The highest BCUT2D eigenvalue weighted by Gasteiger charge is 2.37. The van der Waals surface area contributed by atoms with E-state index in [4.69, 9.17) is 13.9 Å². The average Bonchev–Trinajstić information content (AvgIpc) is 2.53. The van der Waals surface area contributed by atoms with Gasteiger partial charge in [-0.3, -0.25) is 0 Å². The summed E-state index contributed by atoms with van der Waals surface area (Å²) in [6, 6.07) is 9.97. The quantitative estimate of drug-likeness (QED) is 0.256. The fourth-order valence-corrected chi connectivity index (χ4v) is 2.87. The van der Waals surface area contributed by atoms with Gasteiger partial charge >= 0.3 is 0 Å². The Hall–Kier alpha value is -1.01. The van der Waals surface area contributed by atoms with Gasteiger partial charge in [-0.05, 0) is 30.1 Å². The van der Waals surface area contributed by atoms with Crippen molar-refractivity contribution in [1.82, 2.24) is 0 Å². The second-order valence-corrected chi connectivity index (χ2v) is 12.4. The summed E-state index contributed by atoms with van der Waals surface area (Å²) in [5.74, 6) is -0.117. The molecule has 4 nitrogen and oxygen atoms in total. The topological polar surface area (TPSA) is 44.8 Å². The van der Waals surface area contributed by atoms with Gasteiger partial charge in [0.25, 0.3) is 0 Å². The highest BCUT2D eigenvalue weighted by atomic mass is 28.4. The first-order valence-electron chi connectivity index (χ1n) is 8.55. The third-order valence-corrected chi connectivity index (χ3v) is 9.07. The number of benzene rings is 1. The summed E-state index contributed by atoms with van der Waals surface area (Å²) >= 11 is 0. The van der Waals surface area contributed by atoms with Crippen molar-refractivity contribution in [2.75, 3.05) is 20.0 Å². The molecule has 1 aromatic carbocycles. The van der Waals surface area contributed by atoms with Gasteiger partial charge in [-0.15, -0.1) is 0 Å². The number of aldehydes is 1. The number of rotatable bonds is 11. The number of carbonyl (C=O) groups is 1. The Bertz CT molecular complexity index is 468. The molecular weight excluding hydrogens is 320 g/mol. The second-order valence-electron chi connectivity index (χ2n) is 7.62. The summed E-state index contributed by atoms with van der Waals surface area (Å²) in [4.78, 5) is 11.2. The SMILES string of the molecule is CC(C)(C)[Si](C)(C)OC[C@H](C=O)CCOCOCc1ccccc1. The van der Waals surface area contributed by atoms with Crippen molar-refractivity contribution >= 4 is 14.6 Å². The lowest BCUT2D eigenvalue weighted by atomic mass is 10.1. The van der Waals surface area contributed by atoms with E-state index in [1.54, 1.807) is 0 Å². The number of hydrogen-bond donors (Lipinski definition) is 0. The smallest absolute Gasteiger partial charge is 0.192 e. The maximum atomic E-state index is 11.2. The summed E-state index contributed by atoms with van der Waals surface area (Å²) in [5.41, 5.74) is 1.12. The van der Waals surface area contributed by atoms with Crippen LogP contribution >= 0.6 is 0 Å². The number of carbonyl (C=O) groups excluding carboxylic acids is 1. The molecule has 1 aromatic rings. The van der Waals surface area contributed by atoms with Crippen LogP contribution in [0.1, 0.15) is 32.8 Å². The maximum Gasteiger partial charge on any atom is 0.192 e. The highest BCUT2D eigenvalue weighted by molar-refractivity contribution is 6.74. The Morgan fingerprint density at radius 2 is 1.79 bits per heavy atom. The van der Waals surface area contributed by atoms with Crippen LogP contribution in [-0.2, 0) is 25.3 Å². The molecule has 0 saturated carbocycles. The molecule has 0 N–H and O–H groups in total. The van der Waals surface area contributed by atoms with E-state index in [0.717, 1.165) is 11.8 Å². The van der Waals surface area contributed by atoms with Crippen LogP contribution < -0.4 is 0 Å². The molecule has 0 spiro atoms. The van der Waals surface area contributed by atoms with E-state index in [-0.39, 0.29) is 17.7 Å². The van der Waals surface area contributed by atoms with Crippen LogP contribution in [0, 0.1) is 5.92 Å². The van der Waals surface area contributed by atoms with Gasteiger partial charge in [-0.2, -0.15) is 0 Å². The van der Waals surface area contributed by atoms with Gasteiger partial charge in [0.2, 0.25) is 0 Å². The van der Waals surface area contributed by atoms with E-state index in [1.807, 2.05) is 30.3 Å². The minimum Gasteiger partial charge on any atom is -0.416 e. The van der Waals surface area contributed by atoms with Gasteiger partial charge in [0.1, 0.15) is 13.1 Å². The Kier molecular flexibility index (Phi) is 8.84. The number of ether oxygens (including phenoxy) is 2. The zero-order valence-electron chi connectivity index (χ0n) is 15.7. The maximum absolute atomic E-state index is 11.2. The fraction of sp³-hybridized carbons (Fsp3) is 0.632. The summed E-state index contributed by atoms with van der Waals surface area (Å²) in [5, 5.41) is 0.155. The van der Waals surface area contributed by atoms with Crippen molar-refractivity contribution in [2.24, 2.45) is 5.92 Å². The first-order chi connectivity index (χ1) is 11.3. The molecule has 0 aliphatic heterocycles. The third-order valence-electron chi connectivity index (χ3n) is 4.57. The van der Waals surface area contributed by atoms with Crippen molar-refractivity contribution in [2.45, 2.75) is 51.9 Å². The molecule has 0 aliphatic carbocycles. The first-order valence-corrected chi connectivity index (χ1v) is 11.5. The van der Waals surface area contributed by atoms with E-state index in [1.165, 1.54) is 0 Å². The molecule has 0 radical (unpaired) electrons. The molecule has 5 heteroatoms. The third kappa shape index (κ3) is 7.70. The Morgan fingerprint density at radius 1 is 1.12 bits per heavy atom. The molecular formula is C19H32O4Si. The van der Waals surface area contributed by atoms with Crippen LogP contribution in [0.3, 0.4) is 0 Å². The predicted molar refractivity (Wildman–Crippen MR) is 99.4 cm³/mol. The standard InChI is InChI=1S/C19H32O4Si/c1-19(2,3)24(4,5)23-15-18(13-20)11-12-21-16-22-14-17-9-7-6-8-10-17/h6-10,13,18H,11-12,14-16H2,1-5H3/t18-/m0/s1. The largest absolute Gasteiger partial charge is 0.416 e. The summed E-state index contributed by atoms with van der Waals surface area (Å²) in [6.45, 7) is 12.7. The molecule has 0 amide bonds. The van der Waals surface area contributed by atoms with E-state index in [2.05, 4.69) is 33.9 Å². The second kappa shape index (κ2) is 10.1. The van der Waals surface area contributed by atoms with Gasteiger partial charge in [-0.25, -0.2) is 0 Å². The number of hydrogen-bond acceptors (Lipinski definition) is 4. The molecule has 0 aliphatic rings. The molecule has 0 bridgehead atoms. The Morgan fingerprint density at radius 3 is 2.38 bits per heavy atom. The zero-order chi connectivity index (χ0) is 18.1. The first kappa shape index (κ1) is 21.0. The van der Waals surface area contributed by atoms with Gasteiger partial charge in [0.15, 0.2) is 8.32 Å². The van der Waals surface area contributed by atoms with Crippen molar-refractivity contribution in [1.29, 1.82) is 0 Å². The lowest BCUT2D eigenvalue weighted by Gasteiger charge is -2.36. The van der Waals surface area contributed by atoms with E-state index < -0.39 is 8.32 Å². The van der Waals surface area contributed by atoms with Crippen LogP contribution in [0.2, 0.25) is 18.1 Å². The molecule has 1 atom stereocenters. The highest BCUT2D eigenvalue weighted by Crippen LogP contribution is 2.36. The Labute approximate surface area is 147 Å². The molecule has 24 heavy (non-hydrogen) atoms. The minimum atomic E-state index is -1.81.